The minimum atomic E-state index is -1.38. The molecule has 0 aliphatic rings. The number of aryl methyl sites for hydroxylation is 2. The van der Waals surface area contributed by atoms with Crippen LogP contribution in [0, 0.1) is 19.8 Å². The normalized spacial score (nSPS) is 12.2. The summed E-state index contributed by atoms with van der Waals surface area (Å²) in [5, 5.41) is 2.85. The van der Waals surface area contributed by atoms with E-state index >= 15 is 0 Å². The van der Waals surface area contributed by atoms with E-state index in [1.54, 1.807) is 5.19 Å². The molecule has 1 aromatic heterocycles. The lowest BCUT2D eigenvalue weighted by Crippen LogP contribution is -2.40. The fraction of sp³-hybridized carbons (Fsp3) is 0.375. The molecule has 1 heterocycles. The third-order valence-electron chi connectivity index (χ3n) is 4.87. The first-order chi connectivity index (χ1) is 12.1. The van der Waals surface area contributed by atoms with E-state index in [2.05, 4.69) is 89.8 Å². The van der Waals surface area contributed by atoms with Crippen LogP contribution in [0.2, 0.25) is 19.6 Å². The number of fused-ring (bicyclic) bond motifs is 1. The molecule has 0 aliphatic carbocycles. The average Bonchev–Trinajstić information content (AvgIpc) is 2.51. The second kappa shape index (κ2) is 7.00. The Kier molecular flexibility index (Phi) is 5.07. The molecule has 0 saturated carbocycles. The number of hydrogen-bond donors (Lipinski definition) is 0. The predicted molar refractivity (Wildman–Crippen MR) is 118 cm³/mol. The molecule has 2 heteroatoms. The molecule has 26 heavy (non-hydrogen) atoms. The topological polar surface area (TPSA) is 12.9 Å². The third-order valence-corrected chi connectivity index (χ3v) is 6.95. The Balaban J connectivity index is 2.17. The maximum absolute atomic E-state index is 5.03. The van der Waals surface area contributed by atoms with Gasteiger partial charge in [-0.25, -0.2) is 4.98 Å². The van der Waals surface area contributed by atoms with E-state index in [0.29, 0.717) is 5.92 Å². The van der Waals surface area contributed by atoms with Gasteiger partial charge in [0.15, 0.2) is 0 Å². The second-order valence-electron chi connectivity index (χ2n) is 9.12. The van der Waals surface area contributed by atoms with E-state index in [1.165, 1.54) is 27.6 Å². The molecule has 3 aromatic rings. The maximum atomic E-state index is 5.03. The molecule has 136 valence electrons. The number of rotatable bonds is 4. The molecule has 2 aromatic carbocycles. The fourth-order valence-corrected chi connectivity index (χ4v) is 5.53. The number of pyridine rings is 1. The molecule has 0 aliphatic heterocycles. The van der Waals surface area contributed by atoms with Crippen molar-refractivity contribution in [3.63, 3.8) is 0 Å². The van der Waals surface area contributed by atoms with Gasteiger partial charge in [-0.3, -0.25) is 0 Å². The molecular formula is C24H31NSi. The van der Waals surface area contributed by atoms with E-state index in [-0.39, 0.29) is 0 Å². The van der Waals surface area contributed by atoms with Crippen molar-refractivity contribution in [2.75, 3.05) is 0 Å². The van der Waals surface area contributed by atoms with Crippen molar-refractivity contribution in [2.24, 2.45) is 5.92 Å². The Labute approximate surface area is 159 Å². The summed E-state index contributed by atoms with van der Waals surface area (Å²) in [6.07, 6.45) is 1.13. The molecule has 0 N–H and O–H groups in total. The van der Waals surface area contributed by atoms with Gasteiger partial charge in [0.1, 0.15) is 0 Å². The van der Waals surface area contributed by atoms with Crippen LogP contribution in [-0.4, -0.2) is 13.1 Å². The zero-order valence-electron chi connectivity index (χ0n) is 17.3. The lowest BCUT2D eigenvalue weighted by molar-refractivity contribution is 0.649. The van der Waals surface area contributed by atoms with Gasteiger partial charge in [0.05, 0.1) is 19.3 Å². The molecule has 0 saturated heterocycles. The highest BCUT2D eigenvalue weighted by atomic mass is 28.3. The van der Waals surface area contributed by atoms with Gasteiger partial charge < -0.3 is 0 Å². The molecule has 0 atom stereocenters. The molecule has 0 unspecified atom stereocenters. The summed E-state index contributed by atoms with van der Waals surface area (Å²) >= 11 is 0. The summed E-state index contributed by atoms with van der Waals surface area (Å²) in [7, 11) is -1.38. The highest BCUT2D eigenvalue weighted by molar-refractivity contribution is 6.89. The van der Waals surface area contributed by atoms with Gasteiger partial charge in [-0.1, -0.05) is 68.0 Å². The minimum absolute atomic E-state index is 0.658. The number of hydrogen-bond acceptors (Lipinski definition) is 1. The Morgan fingerprint density at radius 3 is 2.12 bits per heavy atom. The molecule has 0 bridgehead atoms. The summed E-state index contributed by atoms with van der Waals surface area (Å²) in [6, 6.07) is 15.9. The van der Waals surface area contributed by atoms with Gasteiger partial charge in [-0.2, -0.15) is 0 Å². The van der Waals surface area contributed by atoms with Crippen LogP contribution in [0.3, 0.4) is 0 Å². The van der Waals surface area contributed by atoms with Crippen molar-refractivity contribution >= 4 is 24.2 Å². The quantitative estimate of drug-likeness (QED) is 0.500. The van der Waals surface area contributed by atoms with E-state index in [0.717, 1.165) is 17.6 Å². The molecule has 0 spiro atoms. The fourth-order valence-electron chi connectivity index (χ4n) is 3.80. The van der Waals surface area contributed by atoms with Crippen molar-refractivity contribution in [1.29, 1.82) is 0 Å². The highest BCUT2D eigenvalue weighted by Gasteiger charge is 2.21. The van der Waals surface area contributed by atoms with Gasteiger partial charge in [0, 0.05) is 10.9 Å². The van der Waals surface area contributed by atoms with Crippen molar-refractivity contribution < 1.29 is 0 Å². The Bertz CT molecular complexity index is 928. The van der Waals surface area contributed by atoms with Crippen LogP contribution in [0.25, 0.3) is 22.2 Å². The average molecular weight is 362 g/mol. The maximum Gasteiger partial charge on any atom is 0.0779 e. The first-order valence-corrected chi connectivity index (χ1v) is 13.2. The number of aromatic nitrogens is 1. The molecular weight excluding hydrogens is 330 g/mol. The number of nitrogens with zero attached hydrogens (tertiary/aromatic N) is 1. The van der Waals surface area contributed by atoms with Crippen molar-refractivity contribution in [3.05, 3.63) is 59.2 Å². The van der Waals surface area contributed by atoms with Gasteiger partial charge in [0.25, 0.3) is 0 Å². The summed E-state index contributed by atoms with van der Waals surface area (Å²) < 4.78 is 0. The number of benzene rings is 2. The molecule has 0 radical (unpaired) electrons. The van der Waals surface area contributed by atoms with Crippen molar-refractivity contribution in [1.82, 2.24) is 4.98 Å². The van der Waals surface area contributed by atoms with Gasteiger partial charge in [-0.15, -0.1) is 0 Å². The van der Waals surface area contributed by atoms with Crippen LogP contribution in [0.1, 0.15) is 30.5 Å². The largest absolute Gasteiger partial charge is 0.248 e. The first kappa shape index (κ1) is 18.8. The van der Waals surface area contributed by atoms with Crippen molar-refractivity contribution in [3.8, 4) is 11.3 Å². The predicted octanol–water partition coefficient (Wildman–Crippen LogP) is 6.26. The van der Waals surface area contributed by atoms with Gasteiger partial charge >= 0.3 is 0 Å². The lowest BCUT2D eigenvalue weighted by Gasteiger charge is -2.23. The van der Waals surface area contributed by atoms with Crippen LogP contribution < -0.4 is 5.19 Å². The van der Waals surface area contributed by atoms with Crippen LogP contribution in [-0.2, 0) is 6.42 Å². The van der Waals surface area contributed by atoms with E-state index < -0.39 is 8.07 Å². The monoisotopic (exact) mass is 361 g/mol. The summed E-state index contributed by atoms with van der Waals surface area (Å²) in [5.41, 5.74) is 7.48. The van der Waals surface area contributed by atoms with Crippen molar-refractivity contribution in [2.45, 2.75) is 53.8 Å². The summed E-state index contributed by atoms with van der Waals surface area (Å²) in [6.45, 7) is 16.2. The third kappa shape index (κ3) is 4.07. The summed E-state index contributed by atoms with van der Waals surface area (Å²) in [5.74, 6) is 0.658. The Morgan fingerprint density at radius 2 is 1.54 bits per heavy atom. The first-order valence-electron chi connectivity index (χ1n) is 9.66. The zero-order chi connectivity index (χ0) is 19.1. The van der Waals surface area contributed by atoms with E-state index in [4.69, 9.17) is 4.98 Å². The standard InChI is InChI=1S/C24H31NSi/c1-16(2)10-21-14-23-19(15-24(21)26(5,6)7)8-9-22(25-23)20-12-17(3)11-18(4)13-20/h8-9,11-16H,10H2,1-7H3. The van der Waals surface area contributed by atoms with Gasteiger partial charge in [-0.05, 0) is 56.0 Å². The zero-order valence-corrected chi connectivity index (χ0v) is 18.3. The molecule has 3 rings (SSSR count). The molecule has 0 fully saturated rings. The molecule has 1 nitrogen and oxygen atoms in total. The summed E-state index contributed by atoms with van der Waals surface area (Å²) in [4.78, 5) is 5.03. The molecule has 0 amide bonds. The van der Waals surface area contributed by atoms with Crippen LogP contribution >= 0.6 is 0 Å². The lowest BCUT2D eigenvalue weighted by atomic mass is 10.00. The highest BCUT2D eigenvalue weighted by Crippen LogP contribution is 2.25. The van der Waals surface area contributed by atoms with Crippen LogP contribution in [0.15, 0.2) is 42.5 Å². The minimum Gasteiger partial charge on any atom is -0.248 e. The second-order valence-corrected chi connectivity index (χ2v) is 14.2. The van der Waals surface area contributed by atoms with Crippen LogP contribution in [0.4, 0.5) is 0 Å². The van der Waals surface area contributed by atoms with E-state index in [1.807, 2.05) is 0 Å². The SMILES string of the molecule is Cc1cc(C)cc(-c2ccc3cc([Si](C)(C)C)c(CC(C)C)cc3n2)c1. The van der Waals surface area contributed by atoms with Crippen LogP contribution in [0.5, 0.6) is 0 Å². The van der Waals surface area contributed by atoms with E-state index in [9.17, 15) is 0 Å². The Hall–Kier alpha value is -1.93. The van der Waals surface area contributed by atoms with Gasteiger partial charge in [0.2, 0.25) is 0 Å². The Morgan fingerprint density at radius 1 is 0.885 bits per heavy atom. The smallest absolute Gasteiger partial charge is 0.0779 e.